The van der Waals surface area contributed by atoms with Crippen molar-refractivity contribution in [3.05, 3.63) is 48.0 Å². The molecule has 2 aromatic carbocycles. The van der Waals surface area contributed by atoms with E-state index in [4.69, 9.17) is 18.9 Å². The lowest BCUT2D eigenvalue weighted by atomic mass is 9.78. The summed E-state index contributed by atoms with van der Waals surface area (Å²) in [6, 6.07) is 13.6. The van der Waals surface area contributed by atoms with Gasteiger partial charge in [-0.2, -0.15) is 0 Å². The van der Waals surface area contributed by atoms with Gasteiger partial charge in [0.2, 0.25) is 0 Å². The summed E-state index contributed by atoms with van der Waals surface area (Å²) >= 11 is 0. The first kappa shape index (κ1) is 23.3. The van der Waals surface area contributed by atoms with Gasteiger partial charge in [0, 0.05) is 31.9 Å². The molecule has 0 radical (unpaired) electrons. The van der Waals surface area contributed by atoms with Crippen LogP contribution in [0.5, 0.6) is 17.2 Å². The first-order valence-electron chi connectivity index (χ1n) is 12.3. The lowest BCUT2D eigenvalue weighted by Gasteiger charge is -2.36. The van der Waals surface area contributed by atoms with Crippen LogP contribution in [-0.4, -0.2) is 69.9 Å². The van der Waals surface area contributed by atoms with E-state index >= 15 is 0 Å². The minimum Gasteiger partial charge on any atom is -0.497 e. The first-order valence-corrected chi connectivity index (χ1v) is 12.3. The van der Waals surface area contributed by atoms with Gasteiger partial charge >= 0.3 is 5.97 Å². The number of anilines is 1. The maximum Gasteiger partial charge on any atom is 0.317 e. The van der Waals surface area contributed by atoms with Gasteiger partial charge in [-0.05, 0) is 54.8 Å². The monoisotopic (exact) mass is 480 g/mol. The van der Waals surface area contributed by atoms with Crippen molar-refractivity contribution in [1.29, 1.82) is 0 Å². The van der Waals surface area contributed by atoms with E-state index in [2.05, 4.69) is 4.90 Å². The zero-order chi connectivity index (χ0) is 24.3. The molecular formula is C27H32N2O6. The zero-order valence-electron chi connectivity index (χ0n) is 20.2. The zero-order valence-corrected chi connectivity index (χ0v) is 20.2. The number of methoxy groups -OCH3 is 1. The van der Waals surface area contributed by atoms with Gasteiger partial charge in [0.1, 0.15) is 19.0 Å². The van der Waals surface area contributed by atoms with Gasteiger partial charge in [0.25, 0.3) is 5.91 Å². The molecule has 2 heterocycles. The Kier molecular flexibility index (Phi) is 6.70. The fourth-order valence-electron chi connectivity index (χ4n) is 5.29. The summed E-state index contributed by atoms with van der Waals surface area (Å²) < 4.78 is 22.2. The summed E-state index contributed by atoms with van der Waals surface area (Å²) in [4.78, 5) is 30.2. The molecule has 0 N–H and O–H groups in total. The number of nitrogens with zero attached hydrogens (tertiary/aromatic N) is 2. The number of piperazine rings is 1. The van der Waals surface area contributed by atoms with E-state index in [9.17, 15) is 9.59 Å². The Hall–Kier alpha value is -3.42. The van der Waals surface area contributed by atoms with Crippen LogP contribution in [0.15, 0.2) is 42.5 Å². The molecule has 35 heavy (non-hydrogen) atoms. The highest BCUT2D eigenvalue weighted by Gasteiger charge is 2.45. The standard InChI is InChI=1S/C27H32N2O6/c1-32-22-7-5-21(6-8-22)28-12-14-29(15-13-28)25(30)19-35-26(31)27(10-2-3-11-27)20-4-9-23-24(18-20)34-17-16-33-23/h4-9,18H,2-3,10-17,19H2,1H3. The second-order valence-electron chi connectivity index (χ2n) is 9.29. The molecule has 0 aromatic heterocycles. The molecule has 0 unspecified atom stereocenters. The second kappa shape index (κ2) is 10.1. The fourth-order valence-corrected chi connectivity index (χ4v) is 5.29. The lowest BCUT2D eigenvalue weighted by Crippen LogP contribution is -2.50. The number of carbonyl (C=O) groups is 2. The van der Waals surface area contributed by atoms with E-state index in [-0.39, 0.29) is 18.5 Å². The van der Waals surface area contributed by atoms with Gasteiger partial charge in [0.05, 0.1) is 12.5 Å². The van der Waals surface area contributed by atoms with Crippen molar-refractivity contribution in [3.8, 4) is 17.2 Å². The highest BCUT2D eigenvalue weighted by molar-refractivity contribution is 5.87. The average molecular weight is 481 g/mol. The minimum absolute atomic E-state index is 0.150. The molecule has 2 aliphatic heterocycles. The van der Waals surface area contributed by atoms with Gasteiger partial charge in [0.15, 0.2) is 18.1 Å². The Morgan fingerprint density at radius 1 is 0.914 bits per heavy atom. The predicted molar refractivity (Wildman–Crippen MR) is 130 cm³/mol. The molecule has 1 amide bonds. The molecule has 0 spiro atoms. The van der Waals surface area contributed by atoms with Gasteiger partial charge in [-0.25, -0.2) is 0 Å². The van der Waals surface area contributed by atoms with E-state index in [0.717, 1.165) is 42.9 Å². The summed E-state index contributed by atoms with van der Waals surface area (Å²) in [5.41, 5.74) is 1.25. The summed E-state index contributed by atoms with van der Waals surface area (Å²) in [5.74, 6) is 1.71. The number of hydrogen-bond acceptors (Lipinski definition) is 7. The normalized spacial score (nSPS) is 18.8. The van der Waals surface area contributed by atoms with Crippen molar-refractivity contribution >= 4 is 17.6 Å². The third-order valence-electron chi connectivity index (χ3n) is 7.34. The Balaban J connectivity index is 1.18. The molecule has 1 saturated carbocycles. The van der Waals surface area contributed by atoms with Crippen LogP contribution in [0.1, 0.15) is 31.2 Å². The van der Waals surface area contributed by atoms with Crippen LogP contribution in [0.2, 0.25) is 0 Å². The number of carbonyl (C=O) groups excluding carboxylic acids is 2. The smallest absolute Gasteiger partial charge is 0.317 e. The van der Waals surface area contributed by atoms with Crippen LogP contribution in [-0.2, 0) is 19.7 Å². The van der Waals surface area contributed by atoms with Crippen molar-refractivity contribution in [2.75, 3.05) is 58.0 Å². The van der Waals surface area contributed by atoms with Crippen molar-refractivity contribution in [2.45, 2.75) is 31.1 Å². The predicted octanol–water partition coefficient (Wildman–Crippen LogP) is 3.17. The SMILES string of the molecule is COc1ccc(N2CCN(C(=O)COC(=O)C3(c4ccc5c(c4)OCCO5)CCCC3)CC2)cc1. The quantitative estimate of drug-likeness (QED) is 0.588. The van der Waals surface area contributed by atoms with Crippen LogP contribution in [0.3, 0.4) is 0 Å². The molecule has 0 bridgehead atoms. The van der Waals surface area contributed by atoms with E-state index in [0.29, 0.717) is 50.6 Å². The molecule has 5 rings (SSSR count). The molecule has 0 atom stereocenters. The van der Waals surface area contributed by atoms with Crippen LogP contribution < -0.4 is 19.1 Å². The molecule has 1 aliphatic carbocycles. The fraction of sp³-hybridized carbons (Fsp3) is 0.481. The molecule has 2 aromatic rings. The largest absolute Gasteiger partial charge is 0.497 e. The van der Waals surface area contributed by atoms with Gasteiger partial charge < -0.3 is 28.7 Å². The summed E-state index contributed by atoms with van der Waals surface area (Å²) in [6.07, 6.45) is 3.32. The highest BCUT2D eigenvalue weighted by atomic mass is 16.6. The van der Waals surface area contributed by atoms with Crippen molar-refractivity contribution in [1.82, 2.24) is 4.90 Å². The lowest BCUT2D eigenvalue weighted by molar-refractivity contribution is -0.157. The Morgan fingerprint density at radius 3 is 2.29 bits per heavy atom. The Morgan fingerprint density at radius 2 is 1.60 bits per heavy atom. The number of fused-ring (bicyclic) bond motifs is 1. The Bertz CT molecular complexity index is 1060. The number of esters is 1. The minimum atomic E-state index is -0.733. The summed E-state index contributed by atoms with van der Waals surface area (Å²) in [5, 5.41) is 0. The summed E-state index contributed by atoms with van der Waals surface area (Å²) in [7, 11) is 1.65. The summed E-state index contributed by atoms with van der Waals surface area (Å²) in [6.45, 7) is 3.43. The third kappa shape index (κ3) is 4.74. The van der Waals surface area contributed by atoms with Gasteiger partial charge in [-0.3, -0.25) is 9.59 Å². The maximum atomic E-state index is 13.3. The highest BCUT2D eigenvalue weighted by Crippen LogP contribution is 2.45. The van der Waals surface area contributed by atoms with Crippen LogP contribution >= 0.6 is 0 Å². The molecule has 2 fully saturated rings. The van der Waals surface area contributed by atoms with Gasteiger partial charge in [-0.15, -0.1) is 0 Å². The molecule has 3 aliphatic rings. The second-order valence-corrected chi connectivity index (χ2v) is 9.29. The van der Waals surface area contributed by atoms with E-state index < -0.39 is 5.41 Å². The third-order valence-corrected chi connectivity index (χ3v) is 7.34. The number of hydrogen-bond donors (Lipinski definition) is 0. The number of ether oxygens (including phenoxy) is 4. The first-order chi connectivity index (χ1) is 17.1. The molecule has 8 nitrogen and oxygen atoms in total. The topological polar surface area (TPSA) is 77.5 Å². The Labute approximate surface area is 205 Å². The van der Waals surface area contributed by atoms with Crippen molar-refractivity contribution in [2.24, 2.45) is 0 Å². The van der Waals surface area contributed by atoms with E-state index in [1.54, 1.807) is 12.0 Å². The van der Waals surface area contributed by atoms with Crippen LogP contribution in [0, 0.1) is 0 Å². The van der Waals surface area contributed by atoms with Crippen LogP contribution in [0.25, 0.3) is 0 Å². The van der Waals surface area contributed by atoms with E-state index in [1.807, 2.05) is 42.5 Å². The van der Waals surface area contributed by atoms with Crippen molar-refractivity contribution < 1.29 is 28.5 Å². The molecule has 186 valence electrons. The molecule has 8 heteroatoms. The number of amides is 1. The molecule has 1 saturated heterocycles. The van der Waals surface area contributed by atoms with Gasteiger partial charge in [-0.1, -0.05) is 18.9 Å². The number of rotatable bonds is 6. The van der Waals surface area contributed by atoms with Crippen LogP contribution in [0.4, 0.5) is 5.69 Å². The van der Waals surface area contributed by atoms with E-state index in [1.165, 1.54) is 0 Å². The molecular weight excluding hydrogens is 448 g/mol. The number of benzene rings is 2. The maximum absolute atomic E-state index is 13.3. The van der Waals surface area contributed by atoms with Crippen molar-refractivity contribution in [3.63, 3.8) is 0 Å². The average Bonchev–Trinajstić information content (AvgIpc) is 3.43.